The number of nitriles is 1. The molecule has 0 aliphatic carbocycles. The van der Waals surface area contributed by atoms with Gasteiger partial charge in [0.15, 0.2) is 5.78 Å². The van der Waals surface area contributed by atoms with E-state index in [1.165, 1.54) is 0 Å². The summed E-state index contributed by atoms with van der Waals surface area (Å²) < 4.78 is 0. The van der Waals surface area contributed by atoms with Crippen molar-refractivity contribution in [3.05, 3.63) is 96.1 Å². The van der Waals surface area contributed by atoms with Crippen molar-refractivity contribution in [3.8, 4) is 6.07 Å². The molecule has 2 heteroatoms. The van der Waals surface area contributed by atoms with Crippen LogP contribution >= 0.6 is 0 Å². The van der Waals surface area contributed by atoms with Crippen LogP contribution in [0.15, 0.2) is 84.9 Å². The van der Waals surface area contributed by atoms with E-state index in [1.807, 2.05) is 84.9 Å². The Morgan fingerprint density at radius 3 is 1.96 bits per heavy atom. The SMILES string of the molecule is CC(C)CC(=O)c1cccc2ccccc12.N#Cc1cccc2ccccc12. The van der Waals surface area contributed by atoms with Crippen molar-refractivity contribution in [2.45, 2.75) is 20.3 Å². The molecule has 4 aromatic rings. The lowest BCUT2D eigenvalue weighted by Gasteiger charge is -2.07. The number of hydrogen-bond acceptors (Lipinski definition) is 2. The van der Waals surface area contributed by atoms with Crippen LogP contribution in [0.3, 0.4) is 0 Å². The molecule has 4 rings (SSSR count). The van der Waals surface area contributed by atoms with Crippen LogP contribution in [0.5, 0.6) is 0 Å². The van der Waals surface area contributed by atoms with Crippen LogP contribution in [0.2, 0.25) is 0 Å². The van der Waals surface area contributed by atoms with Gasteiger partial charge < -0.3 is 0 Å². The average Bonchev–Trinajstić information content (AvgIpc) is 2.73. The van der Waals surface area contributed by atoms with Crippen molar-refractivity contribution >= 4 is 27.3 Å². The van der Waals surface area contributed by atoms with E-state index in [1.54, 1.807) is 0 Å². The van der Waals surface area contributed by atoms with Gasteiger partial charge in [-0.3, -0.25) is 4.79 Å². The number of rotatable bonds is 3. The van der Waals surface area contributed by atoms with Gasteiger partial charge >= 0.3 is 0 Å². The summed E-state index contributed by atoms with van der Waals surface area (Å²) in [4.78, 5) is 12.1. The Morgan fingerprint density at radius 1 is 0.786 bits per heavy atom. The quantitative estimate of drug-likeness (QED) is 0.375. The minimum Gasteiger partial charge on any atom is -0.294 e. The number of carbonyl (C=O) groups excluding carboxylic acids is 1. The van der Waals surface area contributed by atoms with Crippen molar-refractivity contribution in [3.63, 3.8) is 0 Å². The smallest absolute Gasteiger partial charge is 0.163 e. The minimum atomic E-state index is 0.242. The molecular weight excluding hydrogens is 342 g/mol. The van der Waals surface area contributed by atoms with Gasteiger partial charge in [-0.25, -0.2) is 0 Å². The summed E-state index contributed by atoms with van der Waals surface area (Å²) in [6, 6.07) is 29.8. The zero-order valence-electron chi connectivity index (χ0n) is 16.2. The summed E-state index contributed by atoms with van der Waals surface area (Å²) >= 11 is 0. The predicted molar refractivity (Wildman–Crippen MR) is 116 cm³/mol. The molecule has 0 amide bonds. The Morgan fingerprint density at radius 2 is 1.32 bits per heavy atom. The largest absolute Gasteiger partial charge is 0.294 e. The summed E-state index contributed by atoms with van der Waals surface area (Å²) in [6.07, 6.45) is 0.619. The van der Waals surface area contributed by atoms with Crippen molar-refractivity contribution in [2.75, 3.05) is 0 Å². The van der Waals surface area contributed by atoms with Gasteiger partial charge in [-0.05, 0) is 33.5 Å². The Labute approximate surface area is 166 Å². The molecule has 0 fully saturated rings. The molecule has 4 aromatic carbocycles. The zero-order chi connectivity index (χ0) is 19.9. The van der Waals surface area contributed by atoms with E-state index in [0.29, 0.717) is 12.3 Å². The van der Waals surface area contributed by atoms with E-state index in [4.69, 9.17) is 5.26 Å². The van der Waals surface area contributed by atoms with Crippen LogP contribution in [-0.2, 0) is 0 Å². The van der Waals surface area contributed by atoms with Crippen LogP contribution in [0, 0.1) is 17.2 Å². The number of fused-ring (bicyclic) bond motifs is 2. The summed E-state index contributed by atoms with van der Waals surface area (Å²) in [5.41, 5.74) is 1.60. The fourth-order valence-corrected chi connectivity index (χ4v) is 3.27. The lowest BCUT2D eigenvalue weighted by molar-refractivity contribution is 0.0969. The van der Waals surface area contributed by atoms with Gasteiger partial charge in [-0.2, -0.15) is 5.26 Å². The van der Waals surface area contributed by atoms with Crippen molar-refractivity contribution in [1.29, 1.82) is 5.26 Å². The van der Waals surface area contributed by atoms with Crippen LogP contribution in [-0.4, -0.2) is 5.78 Å². The Balaban J connectivity index is 0.000000167. The van der Waals surface area contributed by atoms with Gasteiger partial charge in [0.2, 0.25) is 0 Å². The van der Waals surface area contributed by atoms with Gasteiger partial charge in [0, 0.05) is 12.0 Å². The van der Waals surface area contributed by atoms with E-state index in [2.05, 4.69) is 19.9 Å². The summed E-state index contributed by atoms with van der Waals surface area (Å²) in [6.45, 7) is 4.14. The first kappa shape index (κ1) is 19.3. The van der Waals surface area contributed by atoms with Crippen molar-refractivity contribution in [1.82, 2.24) is 0 Å². The van der Waals surface area contributed by atoms with E-state index in [9.17, 15) is 4.79 Å². The monoisotopic (exact) mass is 365 g/mol. The molecule has 0 aliphatic heterocycles. The normalized spacial score (nSPS) is 10.4. The minimum absolute atomic E-state index is 0.242. The van der Waals surface area contributed by atoms with Crippen LogP contribution < -0.4 is 0 Å². The van der Waals surface area contributed by atoms with E-state index in [0.717, 1.165) is 32.7 Å². The molecule has 0 radical (unpaired) electrons. The lowest BCUT2D eigenvalue weighted by atomic mass is 9.96. The van der Waals surface area contributed by atoms with Crippen LogP contribution in [0.4, 0.5) is 0 Å². The number of hydrogen-bond donors (Lipinski definition) is 0. The highest BCUT2D eigenvalue weighted by Crippen LogP contribution is 2.21. The summed E-state index contributed by atoms with van der Waals surface area (Å²) in [7, 11) is 0. The van der Waals surface area contributed by atoms with Crippen molar-refractivity contribution in [2.24, 2.45) is 5.92 Å². The molecule has 0 N–H and O–H groups in total. The van der Waals surface area contributed by atoms with Gasteiger partial charge in [0.1, 0.15) is 0 Å². The molecule has 0 saturated heterocycles. The summed E-state index contributed by atoms with van der Waals surface area (Å²) in [5.74, 6) is 0.651. The molecule has 0 spiro atoms. The van der Waals surface area contributed by atoms with Gasteiger partial charge in [-0.1, -0.05) is 92.7 Å². The second-order valence-electron chi connectivity index (χ2n) is 7.19. The molecule has 0 heterocycles. The van der Waals surface area contributed by atoms with Gasteiger partial charge in [0.25, 0.3) is 0 Å². The molecule has 28 heavy (non-hydrogen) atoms. The Kier molecular flexibility index (Phi) is 6.19. The fraction of sp³-hybridized carbons (Fsp3) is 0.154. The first-order valence-electron chi connectivity index (χ1n) is 9.49. The molecule has 0 bridgehead atoms. The predicted octanol–water partition coefficient (Wildman–Crippen LogP) is 6.78. The first-order chi connectivity index (χ1) is 13.6. The molecule has 0 aliphatic rings. The molecule has 2 nitrogen and oxygen atoms in total. The standard InChI is InChI=1S/C15H16O.C11H7N/c1-11(2)10-15(16)14-9-5-7-12-6-3-4-8-13(12)14;12-8-10-6-3-5-9-4-1-2-7-11(9)10/h3-9,11H,10H2,1-2H3;1-7H. The second kappa shape index (κ2) is 8.97. The number of nitrogens with zero attached hydrogens (tertiary/aromatic N) is 1. The topological polar surface area (TPSA) is 40.9 Å². The maximum Gasteiger partial charge on any atom is 0.163 e. The maximum atomic E-state index is 12.1. The zero-order valence-corrected chi connectivity index (χ0v) is 16.2. The molecule has 0 aromatic heterocycles. The molecular formula is C26H23NO. The van der Waals surface area contributed by atoms with Crippen LogP contribution in [0.25, 0.3) is 21.5 Å². The Bertz CT molecular complexity index is 1140. The molecule has 0 saturated carbocycles. The third kappa shape index (κ3) is 4.45. The van der Waals surface area contributed by atoms with Crippen LogP contribution in [0.1, 0.15) is 36.2 Å². The maximum absolute atomic E-state index is 12.1. The number of benzene rings is 4. The first-order valence-corrected chi connectivity index (χ1v) is 9.49. The number of ketones is 1. The highest BCUT2D eigenvalue weighted by atomic mass is 16.1. The molecule has 138 valence electrons. The fourth-order valence-electron chi connectivity index (χ4n) is 3.27. The molecule has 0 unspecified atom stereocenters. The van der Waals surface area contributed by atoms with Gasteiger partial charge in [-0.15, -0.1) is 0 Å². The molecule has 0 atom stereocenters. The third-order valence-electron chi connectivity index (χ3n) is 4.59. The average molecular weight is 365 g/mol. The van der Waals surface area contributed by atoms with Crippen molar-refractivity contribution < 1.29 is 4.79 Å². The number of carbonyl (C=O) groups is 1. The van der Waals surface area contributed by atoms with E-state index < -0.39 is 0 Å². The second-order valence-corrected chi connectivity index (χ2v) is 7.19. The highest BCUT2D eigenvalue weighted by molar-refractivity contribution is 6.08. The summed E-state index contributed by atoms with van der Waals surface area (Å²) in [5, 5.41) is 13.1. The Hall–Kier alpha value is -3.44. The third-order valence-corrected chi connectivity index (χ3v) is 4.59. The number of Topliss-reactive ketones (excluding diaryl/α,β-unsaturated/α-hetero) is 1. The lowest BCUT2D eigenvalue weighted by Crippen LogP contribution is -2.03. The highest BCUT2D eigenvalue weighted by Gasteiger charge is 2.10. The van der Waals surface area contributed by atoms with E-state index >= 15 is 0 Å². The van der Waals surface area contributed by atoms with E-state index in [-0.39, 0.29) is 5.78 Å². The van der Waals surface area contributed by atoms with Gasteiger partial charge in [0.05, 0.1) is 11.6 Å².